The van der Waals surface area contributed by atoms with E-state index in [4.69, 9.17) is 18.9 Å². The van der Waals surface area contributed by atoms with Gasteiger partial charge in [-0.25, -0.2) is 0 Å². The molecule has 4 heteroatoms. The Balaban J connectivity index is 1.62. The molecule has 0 saturated carbocycles. The standard InChI is InChI=1S/C25H32O4/c1-5-23-21-9-7-8-10-22(21)24(6-2)29-25(28-23)15-18(3)16-27-17-19-11-13-20(26-4)14-12-19/h7-15,23-25H,5-6,16-17H2,1-4H3/b18-15+. The number of ether oxygens (including phenoxy) is 4. The van der Waals surface area contributed by atoms with Gasteiger partial charge in [0.15, 0.2) is 6.29 Å². The lowest BCUT2D eigenvalue weighted by molar-refractivity contribution is -0.162. The molecule has 0 fully saturated rings. The van der Waals surface area contributed by atoms with Crippen molar-refractivity contribution in [3.8, 4) is 5.75 Å². The van der Waals surface area contributed by atoms with Gasteiger partial charge in [-0.05, 0) is 60.2 Å². The van der Waals surface area contributed by atoms with Crippen LogP contribution in [0.4, 0.5) is 0 Å². The van der Waals surface area contributed by atoms with Crippen LogP contribution in [-0.4, -0.2) is 20.0 Å². The molecule has 29 heavy (non-hydrogen) atoms. The minimum Gasteiger partial charge on any atom is -0.497 e. The van der Waals surface area contributed by atoms with E-state index < -0.39 is 0 Å². The molecule has 0 spiro atoms. The molecule has 2 aromatic rings. The van der Waals surface area contributed by atoms with Crippen LogP contribution in [0, 0.1) is 0 Å². The molecule has 0 aliphatic carbocycles. The van der Waals surface area contributed by atoms with E-state index >= 15 is 0 Å². The normalized spacial score (nSPS) is 22.1. The Hall–Kier alpha value is -2.14. The molecular formula is C25H32O4. The second-order valence-electron chi connectivity index (χ2n) is 7.42. The third-order valence-corrected chi connectivity index (χ3v) is 5.21. The van der Waals surface area contributed by atoms with E-state index in [1.165, 1.54) is 11.1 Å². The lowest BCUT2D eigenvalue weighted by atomic mass is 9.96. The summed E-state index contributed by atoms with van der Waals surface area (Å²) in [5, 5.41) is 0. The summed E-state index contributed by atoms with van der Waals surface area (Å²) in [7, 11) is 1.67. The first kappa shape index (κ1) is 21.6. The van der Waals surface area contributed by atoms with Crippen molar-refractivity contribution in [2.45, 2.75) is 58.7 Å². The van der Waals surface area contributed by atoms with E-state index in [1.54, 1.807) is 7.11 Å². The molecule has 2 aromatic carbocycles. The summed E-state index contributed by atoms with van der Waals surface area (Å²) < 4.78 is 23.7. The summed E-state index contributed by atoms with van der Waals surface area (Å²) in [6.45, 7) is 7.46. The van der Waals surface area contributed by atoms with Crippen LogP contribution < -0.4 is 4.74 Å². The highest BCUT2D eigenvalue weighted by atomic mass is 16.7. The smallest absolute Gasteiger partial charge is 0.178 e. The summed E-state index contributed by atoms with van der Waals surface area (Å²) in [6, 6.07) is 16.4. The van der Waals surface area contributed by atoms with Crippen molar-refractivity contribution < 1.29 is 18.9 Å². The molecule has 1 heterocycles. The van der Waals surface area contributed by atoms with Gasteiger partial charge in [0.1, 0.15) is 5.75 Å². The minimum absolute atomic E-state index is 0.0389. The van der Waals surface area contributed by atoms with Gasteiger partial charge in [-0.3, -0.25) is 0 Å². The zero-order valence-corrected chi connectivity index (χ0v) is 17.9. The number of rotatable bonds is 8. The van der Waals surface area contributed by atoms with Crippen molar-refractivity contribution >= 4 is 0 Å². The van der Waals surface area contributed by atoms with E-state index in [2.05, 4.69) is 45.0 Å². The van der Waals surface area contributed by atoms with Gasteiger partial charge in [0.2, 0.25) is 0 Å². The van der Waals surface area contributed by atoms with Crippen LogP contribution in [0.1, 0.15) is 62.5 Å². The van der Waals surface area contributed by atoms with Gasteiger partial charge in [0.25, 0.3) is 0 Å². The molecule has 0 bridgehead atoms. The maximum atomic E-state index is 6.31. The fourth-order valence-electron chi connectivity index (χ4n) is 3.64. The monoisotopic (exact) mass is 396 g/mol. The molecule has 0 aromatic heterocycles. The summed E-state index contributed by atoms with van der Waals surface area (Å²) >= 11 is 0. The SMILES string of the molecule is CCC1OC(/C=C(\C)COCc2ccc(OC)cc2)OC(CC)c2ccccc21. The molecular weight excluding hydrogens is 364 g/mol. The Morgan fingerprint density at radius 1 is 0.931 bits per heavy atom. The average Bonchev–Trinajstić information content (AvgIpc) is 2.90. The van der Waals surface area contributed by atoms with Crippen molar-refractivity contribution in [1.82, 2.24) is 0 Å². The number of methoxy groups -OCH3 is 1. The van der Waals surface area contributed by atoms with Gasteiger partial charge in [-0.2, -0.15) is 0 Å². The maximum absolute atomic E-state index is 6.31. The third-order valence-electron chi connectivity index (χ3n) is 5.21. The Labute approximate surface area is 174 Å². The van der Waals surface area contributed by atoms with Crippen molar-refractivity contribution in [3.63, 3.8) is 0 Å². The Kier molecular flexibility index (Phi) is 7.87. The van der Waals surface area contributed by atoms with Gasteiger partial charge in [-0.1, -0.05) is 50.2 Å². The average molecular weight is 397 g/mol. The van der Waals surface area contributed by atoms with Crippen molar-refractivity contribution in [1.29, 1.82) is 0 Å². The van der Waals surface area contributed by atoms with Crippen LogP contribution in [-0.2, 0) is 20.8 Å². The molecule has 3 rings (SSSR count). The van der Waals surface area contributed by atoms with Crippen LogP contribution in [0.15, 0.2) is 60.2 Å². The minimum atomic E-state index is -0.373. The third kappa shape index (κ3) is 5.69. The molecule has 0 radical (unpaired) electrons. The molecule has 4 nitrogen and oxygen atoms in total. The van der Waals surface area contributed by atoms with E-state index in [1.807, 2.05) is 30.3 Å². The highest BCUT2D eigenvalue weighted by molar-refractivity contribution is 5.32. The Morgan fingerprint density at radius 3 is 2.03 bits per heavy atom. The molecule has 1 aliphatic rings. The van der Waals surface area contributed by atoms with Crippen molar-refractivity contribution in [3.05, 3.63) is 76.9 Å². The highest BCUT2D eigenvalue weighted by Crippen LogP contribution is 2.37. The zero-order valence-electron chi connectivity index (χ0n) is 17.9. The second-order valence-corrected chi connectivity index (χ2v) is 7.42. The molecule has 1 aliphatic heterocycles. The van der Waals surface area contributed by atoms with E-state index in [-0.39, 0.29) is 18.5 Å². The van der Waals surface area contributed by atoms with Crippen LogP contribution in [0.3, 0.4) is 0 Å². The summed E-state index contributed by atoms with van der Waals surface area (Å²) in [5.74, 6) is 0.851. The predicted molar refractivity (Wildman–Crippen MR) is 115 cm³/mol. The van der Waals surface area contributed by atoms with Crippen LogP contribution in [0.5, 0.6) is 5.75 Å². The molecule has 2 unspecified atom stereocenters. The largest absolute Gasteiger partial charge is 0.497 e. The van der Waals surface area contributed by atoms with Gasteiger partial charge in [0, 0.05) is 0 Å². The molecule has 156 valence electrons. The van der Waals surface area contributed by atoms with E-state index in [0.717, 1.165) is 29.7 Å². The van der Waals surface area contributed by atoms with Crippen LogP contribution in [0.2, 0.25) is 0 Å². The molecule has 0 N–H and O–H groups in total. The molecule has 2 atom stereocenters. The lowest BCUT2D eigenvalue weighted by Crippen LogP contribution is -2.17. The van der Waals surface area contributed by atoms with Crippen molar-refractivity contribution in [2.75, 3.05) is 13.7 Å². The second kappa shape index (κ2) is 10.6. The number of fused-ring (bicyclic) bond motifs is 1. The predicted octanol–water partition coefficient (Wildman–Crippen LogP) is 6.13. The van der Waals surface area contributed by atoms with Gasteiger partial charge in [0.05, 0.1) is 32.5 Å². The molecule has 0 amide bonds. The number of hydrogen-bond acceptors (Lipinski definition) is 4. The summed E-state index contributed by atoms with van der Waals surface area (Å²) in [4.78, 5) is 0. The van der Waals surface area contributed by atoms with Gasteiger partial charge < -0.3 is 18.9 Å². The van der Waals surface area contributed by atoms with E-state index in [9.17, 15) is 0 Å². The van der Waals surface area contributed by atoms with Crippen LogP contribution >= 0.6 is 0 Å². The maximum Gasteiger partial charge on any atom is 0.178 e. The first-order chi connectivity index (χ1) is 14.1. The highest BCUT2D eigenvalue weighted by Gasteiger charge is 2.28. The zero-order chi connectivity index (χ0) is 20.6. The van der Waals surface area contributed by atoms with E-state index in [0.29, 0.717) is 13.2 Å². The quantitative estimate of drug-likeness (QED) is 0.503. The first-order valence-electron chi connectivity index (χ1n) is 10.4. The summed E-state index contributed by atoms with van der Waals surface area (Å²) in [6.07, 6.45) is 3.57. The fourth-order valence-corrected chi connectivity index (χ4v) is 3.64. The molecule has 0 saturated heterocycles. The first-order valence-corrected chi connectivity index (χ1v) is 10.4. The Morgan fingerprint density at radius 2 is 1.52 bits per heavy atom. The topological polar surface area (TPSA) is 36.9 Å². The summed E-state index contributed by atoms with van der Waals surface area (Å²) in [5.41, 5.74) is 4.70. The Bertz CT molecular complexity index is 764. The van der Waals surface area contributed by atoms with Crippen molar-refractivity contribution in [2.24, 2.45) is 0 Å². The number of hydrogen-bond donors (Lipinski definition) is 0. The fraction of sp³-hybridized carbons (Fsp3) is 0.440. The van der Waals surface area contributed by atoms with Crippen LogP contribution in [0.25, 0.3) is 0 Å². The lowest BCUT2D eigenvalue weighted by Gasteiger charge is -2.21. The number of benzene rings is 2. The van der Waals surface area contributed by atoms with Gasteiger partial charge in [-0.15, -0.1) is 0 Å². The van der Waals surface area contributed by atoms with Gasteiger partial charge >= 0.3 is 0 Å².